The molecule has 0 spiro atoms. The van der Waals surface area contributed by atoms with Crippen LogP contribution in [0.25, 0.3) is 0 Å². The first-order chi connectivity index (χ1) is 12.6. The van der Waals surface area contributed by atoms with Crippen LogP contribution in [0.4, 0.5) is 0 Å². The molecule has 5 nitrogen and oxygen atoms in total. The van der Waals surface area contributed by atoms with Crippen LogP contribution in [0.2, 0.25) is 0 Å². The minimum Gasteiger partial charge on any atom is -0.349 e. The lowest BCUT2D eigenvalue weighted by Gasteiger charge is -2.20. The Balaban J connectivity index is 1.73. The third-order valence-electron chi connectivity index (χ3n) is 5.49. The second-order valence-corrected chi connectivity index (χ2v) is 9.45. The van der Waals surface area contributed by atoms with Crippen LogP contribution in [0.1, 0.15) is 74.6 Å². The van der Waals surface area contributed by atoms with Crippen LogP contribution < -0.4 is 5.32 Å². The third-order valence-corrected chi connectivity index (χ3v) is 7.38. The van der Waals surface area contributed by atoms with Gasteiger partial charge >= 0.3 is 0 Å². The van der Waals surface area contributed by atoms with Gasteiger partial charge < -0.3 is 5.32 Å². The molecule has 2 aliphatic rings. The average Bonchev–Trinajstić information content (AvgIpc) is 3.07. The Hall–Kier alpha value is -1.40. The van der Waals surface area contributed by atoms with E-state index < -0.39 is 10.0 Å². The summed E-state index contributed by atoms with van der Waals surface area (Å²) in [6.45, 7) is 1.14. The van der Waals surface area contributed by atoms with Gasteiger partial charge in [0.05, 0.1) is 4.90 Å². The topological polar surface area (TPSA) is 66.5 Å². The van der Waals surface area contributed by atoms with Crippen LogP contribution in [0, 0.1) is 0 Å². The van der Waals surface area contributed by atoms with Gasteiger partial charge in [0, 0.05) is 24.7 Å². The zero-order valence-electron chi connectivity index (χ0n) is 15.5. The highest BCUT2D eigenvalue weighted by molar-refractivity contribution is 7.89. The Morgan fingerprint density at radius 2 is 1.54 bits per heavy atom. The summed E-state index contributed by atoms with van der Waals surface area (Å²) in [5, 5.41) is 3.10. The van der Waals surface area contributed by atoms with Gasteiger partial charge in [0.2, 0.25) is 10.0 Å². The minimum absolute atomic E-state index is 0.162. The first kappa shape index (κ1) is 19.4. The van der Waals surface area contributed by atoms with Crippen LogP contribution in [0.3, 0.4) is 0 Å². The van der Waals surface area contributed by atoms with Gasteiger partial charge in [0.25, 0.3) is 5.91 Å². The van der Waals surface area contributed by atoms with E-state index in [1.165, 1.54) is 18.9 Å². The molecule has 0 bridgehead atoms. The number of hydrogen-bond donors (Lipinski definition) is 1. The summed E-state index contributed by atoms with van der Waals surface area (Å²) >= 11 is 0. The molecule has 6 heteroatoms. The number of sulfonamides is 1. The van der Waals surface area contributed by atoms with Crippen LogP contribution in [0.5, 0.6) is 0 Å². The van der Waals surface area contributed by atoms with E-state index in [-0.39, 0.29) is 16.8 Å². The Morgan fingerprint density at radius 3 is 2.19 bits per heavy atom. The van der Waals surface area contributed by atoms with E-state index in [2.05, 4.69) is 5.32 Å². The molecule has 0 unspecified atom stereocenters. The molecule has 1 amide bonds. The van der Waals surface area contributed by atoms with Gasteiger partial charge in [-0.25, -0.2) is 8.42 Å². The Labute approximate surface area is 157 Å². The highest BCUT2D eigenvalue weighted by atomic mass is 32.2. The predicted octanol–water partition coefficient (Wildman–Crippen LogP) is 3.70. The van der Waals surface area contributed by atoms with Crippen molar-refractivity contribution in [3.8, 4) is 0 Å². The number of carbonyl (C=O) groups excluding carboxylic acids is 1. The van der Waals surface area contributed by atoms with Crippen LogP contribution in [0.15, 0.2) is 29.2 Å². The lowest BCUT2D eigenvalue weighted by Crippen LogP contribution is -2.35. The lowest BCUT2D eigenvalue weighted by atomic mass is 10.1. The molecule has 0 radical (unpaired) electrons. The molecule has 1 heterocycles. The van der Waals surface area contributed by atoms with Crippen molar-refractivity contribution in [1.82, 2.24) is 9.62 Å². The molecule has 1 aromatic rings. The highest BCUT2D eigenvalue weighted by Gasteiger charge is 2.26. The van der Waals surface area contributed by atoms with Gasteiger partial charge in [-0.15, -0.1) is 0 Å². The SMILES string of the molecule is O=C(NC1CCCCCC1)c1cccc(S(=O)(=O)N2CCCCCC2)c1. The maximum atomic E-state index is 12.9. The fourth-order valence-corrected chi connectivity index (χ4v) is 5.48. The Morgan fingerprint density at radius 1 is 0.923 bits per heavy atom. The first-order valence-electron chi connectivity index (χ1n) is 9.98. The number of nitrogens with zero attached hydrogens (tertiary/aromatic N) is 1. The number of amides is 1. The summed E-state index contributed by atoms with van der Waals surface area (Å²) in [4.78, 5) is 12.8. The van der Waals surface area contributed by atoms with Gasteiger partial charge in [0.15, 0.2) is 0 Å². The number of hydrogen-bond acceptors (Lipinski definition) is 3. The molecule has 2 fully saturated rings. The fraction of sp³-hybridized carbons (Fsp3) is 0.650. The maximum absolute atomic E-state index is 12.9. The summed E-state index contributed by atoms with van der Waals surface area (Å²) in [5.74, 6) is -0.162. The van der Waals surface area contributed by atoms with Crippen molar-refractivity contribution in [2.45, 2.75) is 75.1 Å². The molecule has 3 rings (SSSR count). The molecule has 144 valence electrons. The second kappa shape index (κ2) is 9.00. The second-order valence-electron chi connectivity index (χ2n) is 7.51. The van der Waals surface area contributed by atoms with Gasteiger partial charge in [-0.1, -0.05) is 44.6 Å². The third kappa shape index (κ3) is 4.86. The molecular formula is C20H30N2O3S. The fourth-order valence-electron chi connectivity index (χ4n) is 3.92. The molecule has 26 heavy (non-hydrogen) atoms. The molecule has 0 atom stereocenters. The quantitative estimate of drug-likeness (QED) is 0.812. The zero-order chi connectivity index (χ0) is 18.4. The van der Waals surface area contributed by atoms with E-state index in [0.717, 1.165) is 51.4 Å². The summed E-state index contributed by atoms with van der Waals surface area (Å²) in [5.41, 5.74) is 0.435. The van der Waals surface area contributed by atoms with E-state index in [4.69, 9.17) is 0 Å². The number of nitrogens with one attached hydrogen (secondary N) is 1. The average molecular weight is 379 g/mol. The van der Waals surface area contributed by atoms with Gasteiger partial charge in [-0.2, -0.15) is 4.31 Å². The molecule has 1 saturated heterocycles. The number of benzene rings is 1. The van der Waals surface area contributed by atoms with Crippen LogP contribution >= 0.6 is 0 Å². The largest absolute Gasteiger partial charge is 0.349 e. The lowest BCUT2D eigenvalue weighted by molar-refractivity contribution is 0.0933. The molecule has 1 N–H and O–H groups in total. The Kier molecular flexibility index (Phi) is 6.70. The number of rotatable bonds is 4. The first-order valence-corrected chi connectivity index (χ1v) is 11.4. The van der Waals surface area contributed by atoms with E-state index in [1.807, 2.05) is 0 Å². The summed E-state index contributed by atoms with van der Waals surface area (Å²) < 4.78 is 27.5. The predicted molar refractivity (Wildman–Crippen MR) is 103 cm³/mol. The monoisotopic (exact) mass is 378 g/mol. The van der Waals surface area contributed by atoms with Crippen molar-refractivity contribution in [1.29, 1.82) is 0 Å². The van der Waals surface area contributed by atoms with Crippen molar-refractivity contribution in [3.05, 3.63) is 29.8 Å². The summed E-state index contributed by atoms with van der Waals surface area (Å²) in [7, 11) is -3.53. The van der Waals surface area contributed by atoms with Crippen molar-refractivity contribution < 1.29 is 13.2 Å². The van der Waals surface area contributed by atoms with Gasteiger partial charge in [-0.05, 0) is 43.9 Å². The van der Waals surface area contributed by atoms with Crippen molar-refractivity contribution in [2.24, 2.45) is 0 Å². The smallest absolute Gasteiger partial charge is 0.251 e. The molecular weight excluding hydrogens is 348 g/mol. The molecule has 1 aliphatic carbocycles. The van der Waals surface area contributed by atoms with E-state index in [0.29, 0.717) is 18.7 Å². The van der Waals surface area contributed by atoms with Crippen LogP contribution in [-0.4, -0.2) is 37.8 Å². The molecule has 1 aromatic carbocycles. The van der Waals surface area contributed by atoms with E-state index in [9.17, 15) is 13.2 Å². The minimum atomic E-state index is -3.53. The van der Waals surface area contributed by atoms with Crippen LogP contribution in [-0.2, 0) is 10.0 Å². The molecule has 1 aliphatic heterocycles. The van der Waals surface area contributed by atoms with Crippen molar-refractivity contribution in [2.75, 3.05) is 13.1 Å². The van der Waals surface area contributed by atoms with Crippen molar-refractivity contribution in [3.63, 3.8) is 0 Å². The normalized spacial score (nSPS) is 20.9. The molecule has 0 aromatic heterocycles. The summed E-state index contributed by atoms with van der Waals surface area (Å²) in [6, 6.07) is 6.71. The van der Waals surface area contributed by atoms with Crippen molar-refractivity contribution >= 4 is 15.9 Å². The van der Waals surface area contributed by atoms with Gasteiger partial charge in [-0.3, -0.25) is 4.79 Å². The molecule has 1 saturated carbocycles. The van der Waals surface area contributed by atoms with E-state index in [1.54, 1.807) is 22.5 Å². The summed E-state index contributed by atoms with van der Waals surface area (Å²) in [6.07, 6.45) is 10.7. The van der Waals surface area contributed by atoms with E-state index >= 15 is 0 Å². The van der Waals surface area contributed by atoms with Gasteiger partial charge in [0.1, 0.15) is 0 Å². The highest BCUT2D eigenvalue weighted by Crippen LogP contribution is 2.22. The Bertz CT molecular complexity index is 702. The standard InChI is InChI=1S/C20H30N2O3S/c23-20(21-18-11-5-1-2-6-12-18)17-10-9-13-19(16-17)26(24,25)22-14-7-3-4-8-15-22/h9-10,13,16,18H,1-8,11-12,14-15H2,(H,21,23). The zero-order valence-corrected chi connectivity index (χ0v) is 16.3. The maximum Gasteiger partial charge on any atom is 0.251 e. The number of carbonyl (C=O) groups is 1.